The van der Waals surface area contributed by atoms with Crippen LogP contribution in [0.5, 0.6) is 5.75 Å². The zero-order valence-electron chi connectivity index (χ0n) is 11.8. The van der Waals surface area contributed by atoms with Gasteiger partial charge in [0.1, 0.15) is 5.75 Å². The number of halogens is 2. The zero-order valence-corrected chi connectivity index (χ0v) is 12.6. The fraction of sp³-hybridized carbons (Fsp3) is 0.571. The molecule has 0 bridgehead atoms. The molecule has 0 amide bonds. The molecule has 7 heteroatoms. The third-order valence-electron chi connectivity index (χ3n) is 3.80. The van der Waals surface area contributed by atoms with E-state index < -0.39 is 26.9 Å². The van der Waals surface area contributed by atoms with Crippen LogP contribution in [0, 0.1) is 0 Å². The molecule has 1 fully saturated rings. The Balaban J connectivity index is 2.17. The van der Waals surface area contributed by atoms with Gasteiger partial charge in [0, 0.05) is 6.61 Å². The summed E-state index contributed by atoms with van der Waals surface area (Å²) >= 11 is 0. The largest absolute Gasteiger partial charge is 0.435 e. The molecule has 3 atom stereocenters. The molecular formula is C14H18F2O4S. The summed E-state index contributed by atoms with van der Waals surface area (Å²) in [7, 11) is -3.39. The summed E-state index contributed by atoms with van der Waals surface area (Å²) in [5, 5.41) is -1.24. The van der Waals surface area contributed by atoms with Crippen LogP contribution in [0.4, 0.5) is 8.78 Å². The van der Waals surface area contributed by atoms with Gasteiger partial charge in [0.15, 0.2) is 9.84 Å². The van der Waals surface area contributed by atoms with Crippen molar-refractivity contribution in [2.24, 2.45) is 0 Å². The van der Waals surface area contributed by atoms with E-state index in [9.17, 15) is 17.2 Å². The minimum Gasteiger partial charge on any atom is -0.435 e. The predicted octanol–water partition coefficient (Wildman–Crippen LogP) is 2.94. The van der Waals surface area contributed by atoms with Crippen LogP contribution in [0.2, 0.25) is 0 Å². The van der Waals surface area contributed by atoms with Crippen molar-refractivity contribution in [1.29, 1.82) is 0 Å². The van der Waals surface area contributed by atoms with Crippen molar-refractivity contribution in [1.82, 2.24) is 0 Å². The molecule has 0 aliphatic carbocycles. The summed E-state index contributed by atoms with van der Waals surface area (Å²) in [5.41, 5.74) is 0.552. The first-order valence-electron chi connectivity index (χ1n) is 6.71. The van der Waals surface area contributed by atoms with Gasteiger partial charge >= 0.3 is 6.61 Å². The second kappa shape index (κ2) is 6.27. The van der Waals surface area contributed by atoms with Crippen molar-refractivity contribution in [2.45, 2.75) is 43.5 Å². The molecule has 0 saturated carbocycles. The smallest absolute Gasteiger partial charge is 0.387 e. The van der Waals surface area contributed by atoms with Crippen LogP contribution in [0.15, 0.2) is 24.3 Å². The maximum absolute atomic E-state index is 12.6. The third kappa shape index (κ3) is 3.52. The van der Waals surface area contributed by atoms with Gasteiger partial charge < -0.3 is 9.47 Å². The highest BCUT2D eigenvalue weighted by Crippen LogP contribution is 2.32. The quantitative estimate of drug-likeness (QED) is 0.837. The standard InChI is InChI=1S/C14H18F2O4S/c1-9-13(7-8-19-9)21(17,18)10(2)11-3-5-12(6-4-11)20-14(15)16/h3-6,9-10,13-14H,7-8H2,1-2H3. The Morgan fingerprint density at radius 1 is 1.29 bits per heavy atom. The average Bonchev–Trinajstić information content (AvgIpc) is 2.85. The molecule has 2 rings (SSSR count). The van der Waals surface area contributed by atoms with Gasteiger partial charge in [-0.3, -0.25) is 0 Å². The lowest BCUT2D eigenvalue weighted by Crippen LogP contribution is -2.31. The van der Waals surface area contributed by atoms with Gasteiger partial charge in [0.25, 0.3) is 0 Å². The van der Waals surface area contributed by atoms with E-state index >= 15 is 0 Å². The summed E-state index contributed by atoms with van der Waals surface area (Å²) in [4.78, 5) is 0. The number of benzene rings is 1. The minimum atomic E-state index is -3.39. The Morgan fingerprint density at radius 2 is 1.90 bits per heavy atom. The maximum Gasteiger partial charge on any atom is 0.387 e. The Morgan fingerprint density at radius 3 is 2.38 bits per heavy atom. The van der Waals surface area contributed by atoms with Crippen molar-refractivity contribution in [3.05, 3.63) is 29.8 Å². The van der Waals surface area contributed by atoms with Gasteiger partial charge in [0.2, 0.25) is 0 Å². The van der Waals surface area contributed by atoms with Crippen molar-refractivity contribution in [2.75, 3.05) is 6.61 Å². The Kier molecular flexibility index (Phi) is 4.83. The molecule has 3 unspecified atom stereocenters. The van der Waals surface area contributed by atoms with Crippen molar-refractivity contribution < 1.29 is 26.7 Å². The van der Waals surface area contributed by atoms with Crippen molar-refractivity contribution >= 4 is 9.84 Å². The molecule has 4 nitrogen and oxygen atoms in total. The molecule has 118 valence electrons. The lowest BCUT2D eigenvalue weighted by Gasteiger charge is -2.21. The topological polar surface area (TPSA) is 52.6 Å². The molecule has 1 aromatic rings. The molecule has 1 heterocycles. The van der Waals surface area contributed by atoms with E-state index in [2.05, 4.69) is 4.74 Å². The molecule has 1 saturated heterocycles. The fourth-order valence-corrected chi connectivity index (χ4v) is 4.61. The molecule has 0 aromatic heterocycles. The van der Waals surface area contributed by atoms with Crippen LogP contribution in [0.3, 0.4) is 0 Å². The maximum atomic E-state index is 12.6. The Bertz CT molecular complexity index is 571. The highest BCUT2D eigenvalue weighted by atomic mass is 32.2. The SMILES string of the molecule is CC1OCCC1S(=O)(=O)C(C)c1ccc(OC(F)F)cc1. The van der Waals surface area contributed by atoms with Crippen LogP contribution in [-0.4, -0.2) is 33.0 Å². The summed E-state index contributed by atoms with van der Waals surface area (Å²) < 4.78 is 58.9. The molecule has 1 aromatic carbocycles. The number of hydrogen-bond acceptors (Lipinski definition) is 4. The van der Waals surface area contributed by atoms with Crippen LogP contribution in [0.25, 0.3) is 0 Å². The second-order valence-corrected chi connectivity index (χ2v) is 7.57. The average molecular weight is 320 g/mol. The summed E-state index contributed by atoms with van der Waals surface area (Å²) in [6, 6.07) is 5.70. The fourth-order valence-electron chi connectivity index (χ4n) is 2.52. The third-order valence-corrected chi connectivity index (χ3v) is 6.52. The number of ether oxygens (including phenoxy) is 2. The Labute approximate surface area is 123 Å². The zero-order chi connectivity index (χ0) is 15.6. The van der Waals surface area contributed by atoms with E-state index in [1.165, 1.54) is 24.3 Å². The summed E-state index contributed by atoms with van der Waals surface area (Å²) in [5.74, 6) is 0.0101. The number of rotatable bonds is 5. The van der Waals surface area contributed by atoms with E-state index in [0.717, 1.165) is 0 Å². The van der Waals surface area contributed by atoms with Crippen LogP contribution in [-0.2, 0) is 14.6 Å². The van der Waals surface area contributed by atoms with E-state index in [0.29, 0.717) is 18.6 Å². The van der Waals surface area contributed by atoms with Gasteiger partial charge in [-0.05, 0) is 38.0 Å². The molecule has 1 aliphatic heterocycles. The van der Waals surface area contributed by atoms with Gasteiger partial charge in [0.05, 0.1) is 16.6 Å². The van der Waals surface area contributed by atoms with Crippen molar-refractivity contribution in [3.63, 3.8) is 0 Å². The monoisotopic (exact) mass is 320 g/mol. The van der Waals surface area contributed by atoms with E-state index in [-0.39, 0.29) is 11.9 Å². The second-order valence-electron chi connectivity index (χ2n) is 5.08. The summed E-state index contributed by atoms with van der Waals surface area (Å²) in [6.45, 7) is 0.901. The number of hydrogen-bond donors (Lipinski definition) is 0. The van der Waals surface area contributed by atoms with Crippen LogP contribution >= 0.6 is 0 Å². The predicted molar refractivity (Wildman–Crippen MR) is 74.2 cm³/mol. The molecule has 0 N–H and O–H groups in total. The molecular weight excluding hydrogens is 302 g/mol. The minimum absolute atomic E-state index is 0.0101. The van der Waals surface area contributed by atoms with Gasteiger partial charge in [-0.1, -0.05) is 12.1 Å². The van der Waals surface area contributed by atoms with Crippen LogP contribution in [0.1, 0.15) is 31.1 Å². The summed E-state index contributed by atoms with van der Waals surface area (Å²) in [6.07, 6.45) is 0.166. The first-order chi connectivity index (χ1) is 9.82. The van der Waals surface area contributed by atoms with E-state index in [1.54, 1.807) is 13.8 Å². The van der Waals surface area contributed by atoms with Gasteiger partial charge in [-0.15, -0.1) is 0 Å². The lowest BCUT2D eigenvalue weighted by atomic mass is 10.1. The molecule has 0 spiro atoms. The number of sulfone groups is 1. The highest BCUT2D eigenvalue weighted by Gasteiger charge is 2.39. The number of alkyl halides is 2. The van der Waals surface area contributed by atoms with Gasteiger partial charge in [-0.25, -0.2) is 8.42 Å². The normalized spacial score (nSPS) is 24.2. The first kappa shape index (κ1) is 16.2. The van der Waals surface area contributed by atoms with Gasteiger partial charge in [-0.2, -0.15) is 8.78 Å². The molecule has 21 heavy (non-hydrogen) atoms. The first-order valence-corrected chi connectivity index (χ1v) is 8.32. The van der Waals surface area contributed by atoms with E-state index in [1.807, 2.05) is 0 Å². The van der Waals surface area contributed by atoms with E-state index in [4.69, 9.17) is 4.74 Å². The Hall–Kier alpha value is -1.21. The molecule has 1 aliphatic rings. The van der Waals surface area contributed by atoms with Crippen molar-refractivity contribution in [3.8, 4) is 5.75 Å². The molecule has 0 radical (unpaired) electrons. The van der Waals surface area contributed by atoms with Crippen LogP contribution < -0.4 is 4.74 Å². The highest BCUT2D eigenvalue weighted by molar-refractivity contribution is 7.92. The lowest BCUT2D eigenvalue weighted by molar-refractivity contribution is -0.0498.